The number of thioether (sulfide) groups is 1. The van der Waals surface area contributed by atoms with Gasteiger partial charge in [0.2, 0.25) is 0 Å². The van der Waals surface area contributed by atoms with Crippen LogP contribution < -0.4 is 9.08 Å². The summed E-state index contributed by atoms with van der Waals surface area (Å²) in [6, 6.07) is 16.6. The number of benzene rings is 2. The van der Waals surface area contributed by atoms with Gasteiger partial charge in [-0.05, 0) is 47.7 Å². The van der Waals surface area contributed by atoms with Gasteiger partial charge in [-0.15, -0.1) is 0 Å². The first-order valence-electron chi connectivity index (χ1n) is 10.5. The van der Waals surface area contributed by atoms with E-state index in [0.29, 0.717) is 16.5 Å². The minimum atomic E-state index is -3.90. The summed E-state index contributed by atoms with van der Waals surface area (Å²) in [4.78, 5) is 20.7. The summed E-state index contributed by atoms with van der Waals surface area (Å²) in [5.74, 6) is -0.0821. The second-order valence-corrected chi connectivity index (χ2v) is 10.2. The Morgan fingerprint density at radius 2 is 1.82 bits per heavy atom. The summed E-state index contributed by atoms with van der Waals surface area (Å²) in [5, 5.41) is 9.45. The van der Waals surface area contributed by atoms with Gasteiger partial charge in [0.15, 0.2) is 5.17 Å². The van der Waals surface area contributed by atoms with E-state index in [2.05, 4.69) is 16.0 Å². The number of carbonyl (C=O) groups excluding carboxylic acids is 1. The van der Waals surface area contributed by atoms with E-state index in [1.165, 1.54) is 28.8 Å². The third kappa shape index (κ3) is 5.82. The number of nitrogens with zero attached hydrogens (tertiary/aromatic N) is 3. The van der Waals surface area contributed by atoms with Gasteiger partial charge in [-0.3, -0.25) is 4.79 Å². The molecule has 0 saturated carbocycles. The van der Waals surface area contributed by atoms with E-state index in [1.807, 2.05) is 0 Å². The normalized spacial score (nSPS) is 18.3. The zero-order valence-electron chi connectivity index (χ0n) is 17.8. The topological polar surface area (TPSA) is 104 Å². The number of quaternary nitrogens is 1. The standard InChI is InChI=1S/C23H22N4O4S2/c24-11-4-12-26-13-15-27(16-14-26)23-25-22(28)21(32-23)17-18-7-9-19(10-8-18)31-33(29,30)20-5-2-1-3-6-20/h1-3,5-10,17H,4,12-16H2/p+1/b21-17+. The molecule has 0 spiro atoms. The first-order chi connectivity index (χ1) is 15.9. The van der Waals surface area contributed by atoms with E-state index in [9.17, 15) is 13.2 Å². The van der Waals surface area contributed by atoms with Crippen LogP contribution >= 0.6 is 11.8 Å². The molecule has 0 bridgehead atoms. The molecule has 2 aromatic carbocycles. The van der Waals surface area contributed by atoms with E-state index in [1.54, 1.807) is 48.5 Å². The van der Waals surface area contributed by atoms with Gasteiger partial charge in [-0.1, -0.05) is 30.3 Å². The summed E-state index contributed by atoms with van der Waals surface area (Å²) in [6.07, 6.45) is 2.30. The maximum atomic E-state index is 12.4. The second-order valence-electron chi connectivity index (χ2n) is 7.62. The monoisotopic (exact) mass is 483 g/mol. The SMILES string of the molecule is N#CCC[NH+]1CCN(C2=NC(=O)/C(=C\c3ccc(OS(=O)(=O)c4ccccc4)cc3)S2)CC1. The molecule has 0 atom stereocenters. The molecule has 0 unspecified atom stereocenters. The number of hydrogen-bond donors (Lipinski definition) is 1. The predicted octanol–water partition coefficient (Wildman–Crippen LogP) is 1.54. The fraction of sp³-hybridized carbons (Fsp3) is 0.261. The van der Waals surface area contributed by atoms with Crippen LogP contribution in [0.4, 0.5) is 0 Å². The van der Waals surface area contributed by atoms with Gasteiger partial charge in [0.25, 0.3) is 5.91 Å². The van der Waals surface area contributed by atoms with Crippen molar-refractivity contribution in [2.24, 2.45) is 4.99 Å². The fourth-order valence-corrected chi connectivity index (χ4v) is 5.48. The molecular formula is C23H23N4O4S2+. The van der Waals surface area contributed by atoms with Crippen LogP contribution in [-0.2, 0) is 14.9 Å². The molecule has 8 nitrogen and oxygen atoms in total. The lowest BCUT2D eigenvalue weighted by Gasteiger charge is -2.32. The zero-order valence-corrected chi connectivity index (χ0v) is 19.4. The van der Waals surface area contributed by atoms with Crippen molar-refractivity contribution in [3.63, 3.8) is 0 Å². The summed E-state index contributed by atoms with van der Waals surface area (Å²) >= 11 is 1.35. The van der Waals surface area contributed by atoms with Crippen LogP contribution in [-0.4, -0.2) is 57.1 Å². The first kappa shape index (κ1) is 23.0. The highest BCUT2D eigenvalue weighted by Gasteiger charge is 2.29. The molecule has 2 aliphatic heterocycles. The Kier molecular flexibility index (Phi) is 7.13. The fourth-order valence-electron chi connectivity index (χ4n) is 3.56. The van der Waals surface area contributed by atoms with Crippen molar-refractivity contribution in [2.75, 3.05) is 32.7 Å². The van der Waals surface area contributed by atoms with Crippen LogP contribution in [0.25, 0.3) is 6.08 Å². The second kappa shape index (κ2) is 10.2. The van der Waals surface area contributed by atoms with Gasteiger partial charge in [0, 0.05) is 0 Å². The summed E-state index contributed by atoms with van der Waals surface area (Å²) in [5.41, 5.74) is 0.748. The van der Waals surface area contributed by atoms with Crippen LogP contribution in [0.3, 0.4) is 0 Å². The molecule has 1 amide bonds. The van der Waals surface area contributed by atoms with E-state index in [-0.39, 0.29) is 16.6 Å². The minimum Gasteiger partial charge on any atom is -0.379 e. The molecular weight excluding hydrogens is 460 g/mol. The van der Waals surface area contributed by atoms with Crippen LogP contribution in [0.2, 0.25) is 0 Å². The number of aliphatic imine (C=N–C) groups is 1. The predicted molar refractivity (Wildman–Crippen MR) is 126 cm³/mol. The third-order valence-electron chi connectivity index (χ3n) is 5.36. The molecule has 170 valence electrons. The minimum absolute atomic E-state index is 0.0846. The lowest BCUT2D eigenvalue weighted by molar-refractivity contribution is -0.903. The van der Waals surface area contributed by atoms with E-state index < -0.39 is 10.1 Å². The zero-order chi connectivity index (χ0) is 23.3. The first-order valence-corrected chi connectivity index (χ1v) is 12.7. The molecule has 33 heavy (non-hydrogen) atoms. The van der Waals surface area contributed by atoms with Crippen molar-refractivity contribution < 1.29 is 22.3 Å². The van der Waals surface area contributed by atoms with Crippen molar-refractivity contribution in [1.29, 1.82) is 5.26 Å². The van der Waals surface area contributed by atoms with Crippen molar-refractivity contribution in [3.05, 3.63) is 65.1 Å². The number of amides is 1. The summed E-state index contributed by atoms with van der Waals surface area (Å²) in [7, 11) is -3.90. The highest BCUT2D eigenvalue weighted by molar-refractivity contribution is 8.18. The molecule has 1 saturated heterocycles. The summed E-state index contributed by atoms with van der Waals surface area (Å²) in [6.45, 7) is 4.29. The number of nitrogens with one attached hydrogen (secondary N) is 1. The number of piperazine rings is 1. The average molecular weight is 484 g/mol. The number of hydrogen-bond acceptors (Lipinski definition) is 7. The Bertz CT molecular complexity index is 1210. The number of rotatable bonds is 6. The van der Waals surface area contributed by atoms with Gasteiger partial charge in [-0.2, -0.15) is 18.7 Å². The Morgan fingerprint density at radius 3 is 2.48 bits per heavy atom. The Balaban J connectivity index is 1.36. The van der Waals surface area contributed by atoms with Gasteiger partial charge in [0.1, 0.15) is 10.6 Å². The molecule has 2 heterocycles. The van der Waals surface area contributed by atoms with Gasteiger partial charge < -0.3 is 14.0 Å². The molecule has 0 radical (unpaired) electrons. The highest BCUT2D eigenvalue weighted by Crippen LogP contribution is 2.30. The molecule has 1 N–H and O–H groups in total. The summed E-state index contributed by atoms with van der Waals surface area (Å²) < 4.78 is 29.9. The lowest BCUT2D eigenvalue weighted by Crippen LogP contribution is -3.14. The van der Waals surface area contributed by atoms with Gasteiger partial charge in [0.05, 0.1) is 50.1 Å². The molecule has 10 heteroatoms. The largest absolute Gasteiger partial charge is 0.379 e. The Morgan fingerprint density at radius 1 is 1.12 bits per heavy atom. The molecule has 2 aromatic rings. The highest BCUT2D eigenvalue weighted by atomic mass is 32.2. The molecule has 0 aromatic heterocycles. The van der Waals surface area contributed by atoms with Gasteiger partial charge in [-0.25, -0.2) is 0 Å². The van der Waals surface area contributed by atoms with Crippen LogP contribution in [0, 0.1) is 11.3 Å². The van der Waals surface area contributed by atoms with Crippen molar-refractivity contribution in [1.82, 2.24) is 4.90 Å². The third-order valence-corrected chi connectivity index (χ3v) is 7.66. The van der Waals surface area contributed by atoms with Crippen molar-refractivity contribution in [2.45, 2.75) is 11.3 Å². The quantitative estimate of drug-likeness (QED) is 0.491. The lowest BCUT2D eigenvalue weighted by atomic mass is 10.2. The van der Waals surface area contributed by atoms with Gasteiger partial charge >= 0.3 is 10.1 Å². The maximum absolute atomic E-state index is 12.4. The Hall–Kier alpha value is -3.13. The van der Waals surface area contributed by atoms with Crippen LogP contribution in [0.5, 0.6) is 5.75 Å². The Labute approximate surface area is 197 Å². The smallest absolute Gasteiger partial charge is 0.339 e. The van der Waals surface area contributed by atoms with E-state index in [4.69, 9.17) is 9.44 Å². The average Bonchev–Trinajstić information content (AvgIpc) is 3.19. The van der Waals surface area contributed by atoms with Crippen molar-refractivity contribution >= 4 is 39.0 Å². The number of amidine groups is 1. The molecule has 4 rings (SSSR count). The molecule has 2 aliphatic rings. The van der Waals surface area contributed by atoms with E-state index >= 15 is 0 Å². The van der Waals surface area contributed by atoms with Crippen LogP contribution in [0.15, 0.2) is 69.4 Å². The van der Waals surface area contributed by atoms with Crippen molar-refractivity contribution in [3.8, 4) is 11.8 Å². The maximum Gasteiger partial charge on any atom is 0.339 e. The molecule has 1 fully saturated rings. The van der Waals surface area contributed by atoms with Crippen LogP contribution in [0.1, 0.15) is 12.0 Å². The number of carbonyl (C=O) groups is 1. The number of nitriles is 1. The van der Waals surface area contributed by atoms with E-state index in [0.717, 1.165) is 38.3 Å². The molecule has 0 aliphatic carbocycles.